The van der Waals surface area contributed by atoms with E-state index < -0.39 is 17.7 Å². The number of likely N-dealkylation sites (tertiary alicyclic amines) is 1. The van der Waals surface area contributed by atoms with Gasteiger partial charge in [-0.25, -0.2) is 4.85 Å². The molecule has 0 aliphatic carbocycles. The summed E-state index contributed by atoms with van der Waals surface area (Å²) in [6.45, 7) is 10.6. The highest BCUT2D eigenvalue weighted by molar-refractivity contribution is 5.80. The van der Waals surface area contributed by atoms with Gasteiger partial charge < -0.3 is 19.8 Å². The fraction of sp³-hybridized carbons (Fsp3) is 0.529. The van der Waals surface area contributed by atoms with Gasteiger partial charge in [0.05, 0.1) is 25.3 Å². The van der Waals surface area contributed by atoms with Crippen molar-refractivity contribution in [1.29, 1.82) is 0 Å². The first-order valence-electron chi connectivity index (χ1n) is 7.69. The Balaban J connectivity index is 2.14. The number of aliphatic hydroxyl groups excluding tert-OH is 2. The third-order valence-electron chi connectivity index (χ3n) is 4.71. The predicted molar refractivity (Wildman–Crippen MR) is 83.1 cm³/mol. The molecule has 1 aromatic rings. The summed E-state index contributed by atoms with van der Waals surface area (Å²) in [5, 5.41) is 20.4. The number of nitrogens with zero attached hydrogens (tertiary/aromatic N) is 2. The second-order valence-corrected chi connectivity index (χ2v) is 6.61. The van der Waals surface area contributed by atoms with E-state index in [0.29, 0.717) is 29.8 Å². The molecular weight excluding hydrogens is 296 g/mol. The van der Waals surface area contributed by atoms with Gasteiger partial charge in [-0.15, -0.1) is 0 Å². The largest absolute Gasteiger partial charge is 0.485 e. The van der Waals surface area contributed by atoms with Crippen molar-refractivity contribution in [1.82, 2.24) is 4.90 Å². The quantitative estimate of drug-likeness (QED) is 0.816. The van der Waals surface area contributed by atoms with Crippen LogP contribution in [0.15, 0.2) is 18.2 Å². The third kappa shape index (κ3) is 2.46. The summed E-state index contributed by atoms with van der Waals surface area (Å²) < 4.78 is 5.87. The highest BCUT2D eigenvalue weighted by Crippen LogP contribution is 2.46. The molecule has 0 bridgehead atoms. The van der Waals surface area contributed by atoms with Gasteiger partial charge in [0.15, 0.2) is 5.69 Å². The number of carbonyl (C=O) groups is 1. The molecule has 1 amide bonds. The van der Waals surface area contributed by atoms with Crippen LogP contribution >= 0.6 is 0 Å². The van der Waals surface area contributed by atoms with Gasteiger partial charge in [0.25, 0.3) is 0 Å². The predicted octanol–water partition coefficient (Wildman–Crippen LogP) is 1.79. The number of carbonyl (C=O) groups excluding carboxylic acids is 1. The molecule has 23 heavy (non-hydrogen) atoms. The Kier molecular flexibility index (Phi) is 3.78. The molecule has 1 aromatic carbocycles. The number of hydrogen-bond acceptors (Lipinski definition) is 4. The molecule has 3 atom stereocenters. The van der Waals surface area contributed by atoms with Crippen LogP contribution in [-0.4, -0.2) is 45.4 Å². The summed E-state index contributed by atoms with van der Waals surface area (Å²) in [5.74, 6) is 0.471. The van der Waals surface area contributed by atoms with Crippen LogP contribution in [0.25, 0.3) is 4.85 Å². The average molecular weight is 316 g/mol. The topological polar surface area (TPSA) is 74.4 Å². The van der Waals surface area contributed by atoms with Crippen LogP contribution in [0, 0.1) is 6.57 Å². The van der Waals surface area contributed by atoms with Crippen molar-refractivity contribution < 1.29 is 19.7 Å². The molecule has 1 saturated heterocycles. The van der Waals surface area contributed by atoms with E-state index in [9.17, 15) is 15.0 Å². The number of fused-ring (bicyclic) bond motifs is 1. The molecule has 2 aliphatic rings. The molecule has 2 aliphatic heterocycles. The summed E-state index contributed by atoms with van der Waals surface area (Å²) in [4.78, 5) is 17.4. The Morgan fingerprint density at radius 2 is 2.22 bits per heavy atom. The molecule has 0 spiro atoms. The van der Waals surface area contributed by atoms with E-state index in [4.69, 9.17) is 11.3 Å². The van der Waals surface area contributed by atoms with Gasteiger partial charge in [0.2, 0.25) is 5.91 Å². The molecule has 2 heterocycles. The van der Waals surface area contributed by atoms with Crippen molar-refractivity contribution in [2.24, 2.45) is 0 Å². The molecule has 6 heteroatoms. The molecule has 0 saturated carbocycles. The fourth-order valence-electron chi connectivity index (χ4n) is 3.45. The molecule has 0 unspecified atom stereocenters. The minimum absolute atomic E-state index is 0.0926. The summed E-state index contributed by atoms with van der Waals surface area (Å²) in [7, 11) is 0. The van der Waals surface area contributed by atoms with E-state index in [0.717, 1.165) is 0 Å². The summed E-state index contributed by atoms with van der Waals surface area (Å²) >= 11 is 0. The zero-order valence-electron chi connectivity index (χ0n) is 13.2. The highest BCUT2D eigenvalue weighted by atomic mass is 16.5. The zero-order valence-corrected chi connectivity index (χ0v) is 13.2. The van der Waals surface area contributed by atoms with Gasteiger partial charge in [0, 0.05) is 12.0 Å². The van der Waals surface area contributed by atoms with Crippen molar-refractivity contribution in [3.63, 3.8) is 0 Å². The SMILES string of the molecule is [C-]#[N+]c1ccc2c(c1)[C@@H](N1C(=O)CC[C@H]1CO)[C@H](O)C(C)(C)O2. The standard InChI is InChI=1S/C17H20N2O4/c1-17(2)16(22)15(19-11(9-20)5-7-14(19)21)12-8-10(18-3)4-6-13(12)23-17/h4,6,8,11,15-16,20,22H,5,7,9H2,1-2H3/t11-,15+,16-/m0/s1. The van der Waals surface area contributed by atoms with E-state index >= 15 is 0 Å². The number of rotatable bonds is 2. The van der Waals surface area contributed by atoms with Crippen LogP contribution in [-0.2, 0) is 4.79 Å². The molecule has 0 aromatic heterocycles. The number of amides is 1. The molecule has 2 N–H and O–H groups in total. The number of benzene rings is 1. The summed E-state index contributed by atoms with van der Waals surface area (Å²) in [5.41, 5.74) is 0.177. The van der Waals surface area contributed by atoms with Crippen LogP contribution in [0.3, 0.4) is 0 Å². The first-order chi connectivity index (χ1) is 10.9. The lowest BCUT2D eigenvalue weighted by molar-refractivity contribution is -0.144. The van der Waals surface area contributed by atoms with E-state index in [1.54, 1.807) is 36.9 Å². The highest BCUT2D eigenvalue weighted by Gasteiger charge is 2.49. The monoisotopic (exact) mass is 316 g/mol. The van der Waals surface area contributed by atoms with Gasteiger partial charge >= 0.3 is 0 Å². The smallest absolute Gasteiger partial charge is 0.223 e. The third-order valence-corrected chi connectivity index (χ3v) is 4.71. The lowest BCUT2D eigenvalue weighted by Crippen LogP contribution is -2.55. The maximum atomic E-state index is 12.4. The molecule has 3 rings (SSSR count). The van der Waals surface area contributed by atoms with Gasteiger partial charge in [-0.05, 0) is 32.4 Å². The van der Waals surface area contributed by atoms with Crippen LogP contribution in [0.2, 0.25) is 0 Å². The molecule has 0 radical (unpaired) electrons. The maximum absolute atomic E-state index is 12.4. The lowest BCUT2D eigenvalue weighted by atomic mass is 9.85. The van der Waals surface area contributed by atoms with Crippen LogP contribution in [0.1, 0.15) is 38.3 Å². The van der Waals surface area contributed by atoms with E-state index in [1.165, 1.54) is 0 Å². The maximum Gasteiger partial charge on any atom is 0.223 e. The molecule has 6 nitrogen and oxygen atoms in total. The van der Waals surface area contributed by atoms with Crippen LogP contribution < -0.4 is 4.74 Å². The summed E-state index contributed by atoms with van der Waals surface area (Å²) in [6.07, 6.45) is -0.0299. The summed E-state index contributed by atoms with van der Waals surface area (Å²) in [6, 6.07) is 4.08. The van der Waals surface area contributed by atoms with Gasteiger partial charge in [-0.2, -0.15) is 0 Å². The minimum atomic E-state index is -0.952. The van der Waals surface area contributed by atoms with Gasteiger partial charge in [-0.1, -0.05) is 6.07 Å². The second-order valence-electron chi connectivity index (χ2n) is 6.61. The van der Waals surface area contributed by atoms with Crippen molar-refractivity contribution in [2.75, 3.05) is 6.61 Å². The number of hydrogen-bond donors (Lipinski definition) is 2. The van der Waals surface area contributed by atoms with Gasteiger partial charge in [0.1, 0.15) is 17.5 Å². The Morgan fingerprint density at radius 1 is 1.48 bits per heavy atom. The molecule has 1 fully saturated rings. The van der Waals surface area contributed by atoms with E-state index in [1.807, 2.05) is 0 Å². The molecular formula is C17H20N2O4. The zero-order chi connectivity index (χ0) is 16.8. The first kappa shape index (κ1) is 15.8. The van der Waals surface area contributed by atoms with Crippen molar-refractivity contribution in [3.8, 4) is 5.75 Å². The van der Waals surface area contributed by atoms with E-state index in [-0.39, 0.29) is 18.6 Å². The molecule has 122 valence electrons. The number of ether oxygens (including phenoxy) is 1. The minimum Gasteiger partial charge on any atom is -0.485 e. The number of aliphatic hydroxyl groups is 2. The van der Waals surface area contributed by atoms with Crippen molar-refractivity contribution in [3.05, 3.63) is 35.2 Å². The van der Waals surface area contributed by atoms with Gasteiger partial charge in [-0.3, -0.25) is 4.79 Å². The Morgan fingerprint density at radius 3 is 2.87 bits per heavy atom. The Bertz CT molecular complexity index is 680. The second kappa shape index (κ2) is 5.52. The van der Waals surface area contributed by atoms with Crippen LogP contribution in [0.4, 0.5) is 5.69 Å². The average Bonchev–Trinajstić information content (AvgIpc) is 2.89. The fourth-order valence-corrected chi connectivity index (χ4v) is 3.45. The Labute approximate surface area is 135 Å². The first-order valence-corrected chi connectivity index (χ1v) is 7.69. The van der Waals surface area contributed by atoms with Crippen molar-refractivity contribution in [2.45, 2.75) is 50.5 Å². The van der Waals surface area contributed by atoms with E-state index in [2.05, 4.69) is 4.85 Å². The lowest BCUT2D eigenvalue weighted by Gasteiger charge is -2.46. The Hall–Kier alpha value is -2.10. The van der Waals surface area contributed by atoms with Crippen LogP contribution in [0.5, 0.6) is 5.75 Å². The van der Waals surface area contributed by atoms with Crippen molar-refractivity contribution >= 4 is 11.6 Å². The normalized spacial score (nSPS) is 28.9.